The van der Waals surface area contributed by atoms with Crippen LogP contribution in [0.2, 0.25) is 0 Å². The second-order valence-electron chi connectivity index (χ2n) is 5.21. The highest BCUT2D eigenvalue weighted by atomic mass is 16.5. The number of hydrogen-bond donors (Lipinski definition) is 1. The molecule has 114 valence electrons. The first kappa shape index (κ1) is 17.2. The van der Waals surface area contributed by atoms with Crippen molar-refractivity contribution in [2.75, 3.05) is 39.9 Å². The second-order valence-corrected chi connectivity index (χ2v) is 5.21. The number of benzene rings is 1. The van der Waals surface area contributed by atoms with E-state index in [9.17, 15) is 0 Å². The zero-order chi connectivity index (χ0) is 14.6. The van der Waals surface area contributed by atoms with Crippen molar-refractivity contribution in [1.82, 2.24) is 10.2 Å². The smallest absolute Gasteiger partial charge is 0.0593 e. The lowest BCUT2D eigenvalue weighted by atomic mass is 10.0. The molecule has 0 aromatic heterocycles. The van der Waals surface area contributed by atoms with Gasteiger partial charge in [-0.2, -0.15) is 0 Å². The van der Waals surface area contributed by atoms with Crippen molar-refractivity contribution in [2.24, 2.45) is 0 Å². The van der Waals surface area contributed by atoms with Gasteiger partial charge in [0.25, 0.3) is 0 Å². The van der Waals surface area contributed by atoms with Gasteiger partial charge in [0.05, 0.1) is 6.61 Å². The number of likely N-dealkylation sites (N-methyl/N-ethyl adjacent to an activating group) is 1. The molecule has 3 nitrogen and oxygen atoms in total. The van der Waals surface area contributed by atoms with Crippen LogP contribution in [-0.4, -0.2) is 44.8 Å². The predicted molar refractivity (Wildman–Crippen MR) is 86.1 cm³/mol. The monoisotopic (exact) mass is 278 g/mol. The predicted octanol–water partition coefficient (Wildman–Crippen LogP) is 3.09. The van der Waals surface area contributed by atoms with Crippen LogP contribution in [0.15, 0.2) is 30.3 Å². The molecule has 0 spiro atoms. The van der Waals surface area contributed by atoms with Gasteiger partial charge in [-0.1, -0.05) is 37.3 Å². The van der Waals surface area contributed by atoms with Gasteiger partial charge < -0.3 is 15.0 Å². The molecule has 1 rings (SSSR count). The molecular formula is C17H30N2O. The molecule has 1 N–H and O–H groups in total. The third-order valence-corrected chi connectivity index (χ3v) is 3.46. The van der Waals surface area contributed by atoms with Gasteiger partial charge in [-0.25, -0.2) is 0 Å². The Balaban J connectivity index is 2.41. The molecule has 0 aliphatic carbocycles. The van der Waals surface area contributed by atoms with E-state index in [1.807, 2.05) is 6.92 Å². The lowest BCUT2D eigenvalue weighted by molar-refractivity contribution is 0.121. The summed E-state index contributed by atoms with van der Waals surface area (Å²) >= 11 is 0. The van der Waals surface area contributed by atoms with Crippen LogP contribution in [0, 0.1) is 0 Å². The van der Waals surface area contributed by atoms with E-state index in [0.717, 1.165) is 39.3 Å². The number of nitrogens with one attached hydrogen (secondary N) is 1. The molecule has 1 atom stereocenters. The third kappa shape index (κ3) is 7.04. The summed E-state index contributed by atoms with van der Waals surface area (Å²) in [7, 11) is 2.17. The Kier molecular flexibility index (Phi) is 9.29. The molecule has 0 saturated carbocycles. The molecule has 1 aromatic carbocycles. The van der Waals surface area contributed by atoms with Gasteiger partial charge in [0, 0.05) is 19.2 Å². The largest absolute Gasteiger partial charge is 0.380 e. The fraction of sp³-hybridized carbons (Fsp3) is 0.647. The molecule has 0 fully saturated rings. The highest BCUT2D eigenvalue weighted by Crippen LogP contribution is 2.16. The van der Waals surface area contributed by atoms with Crippen molar-refractivity contribution in [3.05, 3.63) is 35.9 Å². The molecule has 1 aromatic rings. The van der Waals surface area contributed by atoms with E-state index in [1.54, 1.807) is 0 Å². The summed E-state index contributed by atoms with van der Waals surface area (Å²) in [6.07, 6.45) is 2.30. The van der Waals surface area contributed by atoms with E-state index >= 15 is 0 Å². The van der Waals surface area contributed by atoms with Crippen LogP contribution in [-0.2, 0) is 4.74 Å². The summed E-state index contributed by atoms with van der Waals surface area (Å²) in [5, 5.41) is 3.65. The summed E-state index contributed by atoms with van der Waals surface area (Å²) in [6.45, 7) is 9.04. The van der Waals surface area contributed by atoms with Crippen molar-refractivity contribution in [3.8, 4) is 0 Å². The van der Waals surface area contributed by atoms with Crippen LogP contribution in [0.5, 0.6) is 0 Å². The fourth-order valence-electron chi connectivity index (χ4n) is 2.22. The van der Waals surface area contributed by atoms with E-state index in [0.29, 0.717) is 6.04 Å². The Morgan fingerprint density at radius 2 is 1.90 bits per heavy atom. The number of ether oxygens (including phenoxy) is 1. The summed E-state index contributed by atoms with van der Waals surface area (Å²) in [5.41, 5.74) is 1.39. The summed E-state index contributed by atoms with van der Waals surface area (Å²) in [5.74, 6) is 0. The van der Waals surface area contributed by atoms with Crippen LogP contribution in [0.3, 0.4) is 0 Å². The van der Waals surface area contributed by atoms with Crippen LogP contribution < -0.4 is 5.32 Å². The van der Waals surface area contributed by atoms with Crippen LogP contribution in [0.25, 0.3) is 0 Å². The zero-order valence-corrected chi connectivity index (χ0v) is 13.3. The van der Waals surface area contributed by atoms with Gasteiger partial charge in [-0.05, 0) is 45.5 Å². The Morgan fingerprint density at radius 1 is 1.15 bits per heavy atom. The van der Waals surface area contributed by atoms with Gasteiger partial charge in [0.15, 0.2) is 0 Å². The number of hydrogen-bond acceptors (Lipinski definition) is 3. The molecule has 0 aliphatic heterocycles. The zero-order valence-electron chi connectivity index (χ0n) is 13.3. The SMILES string of the molecule is CCCNC(CCN(C)CCOCC)c1ccccc1. The first-order chi connectivity index (χ1) is 9.77. The molecule has 0 aliphatic rings. The minimum absolute atomic E-state index is 0.450. The quantitative estimate of drug-likeness (QED) is 0.630. The van der Waals surface area contributed by atoms with Gasteiger partial charge in [0.2, 0.25) is 0 Å². The molecule has 0 radical (unpaired) electrons. The topological polar surface area (TPSA) is 24.5 Å². The molecular weight excluding hydrogens is 248 g/mol. The van der Waals surface area contributed by atoms with Gasteiger partial charge in [0.1, 0.15) is 0 Å². The van der Waals surface area contributed by atoms with Gasteiger partial charge >= 0.3 is 0 Å². The summed E-state index contributed by atoms with van der Waals surface area (Å²) in [4.78, 5) is 2.35. The maximum Gasteiger partial charge on any atom is 0.0593 e. The Morgan fingerprint density at radius 3 is 2.55 bits per heavy atom. The second kappa shape index (κ2) is 10.8. The normalized spacial score (nSPS) is 12.8. The molecule has 0 heterocycles. The van der Waals surface area contributed by atoms with Crippen molar-refractivity contribution in [2.45, 2.75) is 32.7 Å². The number of nitrogens with zero attached hydrogens (tertiary/aromatic N) is 1. The molecule has 0 bridgehead atoms. The van der Waals surface area contributed by atoms with E-state index in [1.165, 1.54) is 12.0 Å². The fourth-order valence-corrected chi connectivity index (χ4v) is 2.22. The van der Waals surface area contributed by atoms with Gasteiger partial charge in [-0.15, -0.1) is 0 Å². The van der Waals surface area contributed by atoms with Crippen LogP contribution in [0.4, 0.5) is 0 Å². The first-order valence-electron chi connectivity index (χ1n) is 7.82. The molecule has 1 unspecified atom stereocenters. The molecule has 20 heavy (non-hydrogen) atoms. The van der Waals surface area contributed by atoms with Crippen molar-refractivity contribution >= 4 is 0 Å². The summed E-state index contributed by atoms with van der Waals surface area (Å²) < 4.78 is 5.40. The van der Waals surface area contributed by atoms with Crippen molar-refractivity contribution < 1.29 is 4.74 Å². The average Bonchev–Trinajstić information content (AvgIpc) is 2.48. The third-order valence-electron chi connectivity index (χ3n) is 3.46. The average molecular weight is 278 g/mol. The van der Waals surface area contributed by atoms with Crippen molar-refractivity contribution in [3.63, 3.8) is 0 Å². The lowest BCUT2D eigenvalue weighted by Crippen LogP contribution is -2.29. The minimum Gasteiger partial charge on any atom is -0.380 e. The van der Waals surface area contributed by atoms with E-state index in [-0.39, 0.29) is 0 Å². The van der Waals surface area contributed by atoms with Gasteiger partial charge in [-0.3, -0.25) is 0 Å². The molecule has 0 amide bonds. The maximum absolute atomic E-state index is 5.40. The highest BCUT2D eigenvalue weighted by Gasteiger charge is 2.11. The summed E-state index contributed by atoms with van der Waals surface area (Å²) in [6, 6.07) is 11.2. The van der Waals surface area contributed by atoms with Crippen molar-refractivity contribution in [1.29, 1.82) is 0 Å². The van der Waals surface area contributed by atoms with E-state index < -0.39 is 0 Å². The lowest BCUT2D eigenvalue weighted by Gasteiger charge is -2.23. The van der Waals surface area contributed by atoms with E-state index in [2.05, 4.69) is 54.5 Å². The number of rotatable bonds is 11. The molecule has 3 heteroatoms. The van der Waals surface area contributed by atoms with E-state index in [4.69, 9.17) is 4.74 Å². The maximum atomic E-state index is 5.40. The Hall–Kier alpha value is -0.900. The van der Waals surface area contributed by atoms with Crippen LogP contribution >= 0.6 is 0 Å². The Bertz CT molecular complexity index is 329. The standard InChI is InChI=1S/C17H30N2O/c1-4-12-18-17(16-9-7-6-8-10-16)11-13-19(3)14-15-20-5-2/h6-10,17-18H,4-5,11-15H2,1-3H3. The van der Waals surface area contributed by atoms with Crippen LogP contribution in [0.1, 0.15) is 38.3 Å². The minimum atomic E-state index is 0.450. The molecule has 0 saturated heterocycles. The highest BCUT2D eigenvalue weighted by molar-refractivity contribution is 5.18. The Labute approximate surface area is 124 Å². The first-order valence-corrected chi connectivity index (χ1v) is 7.82.